The van der Waals surface area contributed by atoms with Crippen molar-refractivity contribution in [3.8, 4) is 11.8 Å². The minimum absolute atomic E-state index is 0.0405. The quantitative estimate of drug-likeness (QED) is 0.726. The molecule has 11 heteroatoms. The number of carbonyl (C=O) groups excluding carboxylic acids is 1. The number of rotatable bonds is 7. The van der Waals surface area contributed by atoms with Crippen molar-refractivity contribution in [2.45, 2.75) is 32.4 Å². The predicted molar refractivity (Wildman–Crippen MR) is 101 cm³/mol. The van der Waals surface area contributed by atoms with E-state index in [1.54, 1.807) is 6.07 Å². The number of methoxy groups -OCH3 is 1. The second-order valence-corrected chi connectivity index (χ2v) is 6.30. The van der Waals surface area contributed by atoms with Gasteiger partial charge in [0.25, 0.3) is 0 Å². The third-order valence-corrected chi connectivity index (χ3v) is 4.20. The number of halogens is 2. The van der Waals surface area contributed by atoms with E-state index in [-0.39, 0.29) is 18.3 Å². The van der Waals surface area contributed by atoms with Crippen LogP contribution >= 0.6 is 0 Å². The average molecular weight is 408 g/mol. The van der Waals surface area contributed by atoms with Gasteiger partial charge in [-0.2, -0.15) is 23.7 Å². The number of nitrogens with zero attached hydrogens (tertiary/aromatic N) is 4. The van der Waals surface area contributed by atoms with Gasteiger partial charge in [-0.1, -0.05) is 6.07 Å². The molecule has 2 heterocycles. The van der Waals surface area contributed by atoms with Gasteiger partial charge >= 0.3 is 18.7 Å². The standard InChI is InChI=1S/C18H22F2N6O3/c1-28-18-24-14(23-16(25-18)26-8-3-2-4-9-26)11-21-17(27)22-12-6-5-7-13(10-12)29-15(19)20/h5-7,10,15H,2-4,8-9,11H2,1H3,(H2,21,22,27). The summed E-state index contributed by atoms with van der Waals surface area (Å²) in [5.41, 5.74) is 0.308. The number of nitrogens with one attached hydrogen (secondary N) is 2. The molecule has 0 aliphatic carbocycles. The summed E-state index contributed by atoms with van der Waals surface area (Å²) in [5, 5.41) is 5.17. The Hall–Kier alpha value is -3.24. The van der Waals surface area contributed by atoms with Crippen LogP contribution in [-0.4, -0.2) is 47.8 Å². The van der Waals surface area contributed by atoms with E-state index in [1.807, 2.05) is 0 Å². The largest absolute Gasteiger partial charge is 0.467 e. The van der Waals surface area contributed by atoms with Crippen molar-refractivity contribution in [3.63, 3.8) is 0 Å². The van der Waals surface area contributed by atoms with Crippen LogP contribution in [0.5, 0.6) is 11.8 Å². The van der Waals surface area contributed by atoms with E-state index in [2.05, 4.69) is 35.2 Å². The van der Waals surface area contributed by atoms with Crippen molar-refractivity contribution in [2.75, 3.05) is 30.4 Å². The first-order valence-electron chi connectivity index (χ1n) is 9.17. The number of alkyl halides is 2. The minimum atomic E-state index is -2.94. The number of anilines is 2. The van der Waals surface area contributed by atoms with Gasteiger partial charge < -0.3 is 25.0 Å². The summed E-state index contributed by atoms with van der Waals surface area (Å²) in [7, 11) is 1.47. The molecule has 2 aromatic rings. The van der Waals surface area contributed by atoms with E-state index in [0.29, 0.717) is 17.5 Å². The van der Waals surface area contributed by atoms with E-state index in [9.17, 15) is 13.6 Å². The van der Waals surface area contributed by atoms with Crippen LogP contribution in [0.25, 0.3) is 0 Å². The Morgan fingerprint density at radius 1 is 1.21 bits per heavy atom. The van der Waals surface area contributed by atoms with E-state index in [1.165, 1.54) is 31.7 Å². The Bertz CT molecular complexity index is 833. The van der Waals surface area contributed by atoms with Crippen molar-refractivity contribution in [3.05, 3.63) is 30.1 Å². The fraction of sp³-hybridized carbons (Fsp3) is 0.444. The van der Waals surface area contributed by atoms with Gasteiger partial charge in [-0.15, -0.1) is 0 Å². The minimum Gasteiger partial charge on any atom is -0.467 e. The molecule has 0 spiro atoms. The molecule has 0 saturated carbocycles. The Morgan fingerprint density at radius 2 is 2.00 bits per heavy atom. The zero-order valence-electron chi connectivity index (χ0n) is 15.9. The van der Waals surface area contributed by atoms with Gasteiger partial charge in [0.1, 0.15) is 5.75 Å². The van der Waals surface area contributed by atoms with E-state index in [0.717, 1.165) is 25.9 Å². The fourth-order valence-electron chi connectivity index (χ4n) is 2.88. The monoisotopic (exact) mass is 408 g/mol. The number of amides is 2. The predicted octanol–water partition coefficient (Wildman–Crippen LogP) is 2.79. The molecular weight excluding hydrogens is 386 g/mol. The van der Waals surface area contributed by atoms with Crippen LogP contribution in [0, 0.1) is 0 Å². The van der Waals surface area contributed by atoms with Crippen molar-refractivity contribution in [1.29, 1.82) is 0 Å². The summed E-state index contributed by atoms with van der Waals surface area (Å²) in [6, 6.07) is 5.35. The van der Waals surface area contributed by atoms with Gasteiger partial charge in [-0.25, -0.2) is 4.79 Å². The average Bonchev–Trinajstić information content (AvgIpc) is 2.72. The highest BCUT2D eigenvalue weighted by Crippen LogP contribution is 2.20. The fourth-order valence-corrected chi connectivity index (χ4v) is 2.88. The molecule has 0 atom stereocenters. The first-order valence-corrected chi connectivity index (χ1v) is 9.17. The molecule has 156 valence electrons. The van der Waals surface area contributed by atoms with Gasteiger partial charge in [0.15, 0.2) is 5.82 Å². The molecule has 29 heavy (non-hydrogen) atoms. The highest BCUT2D eigenvalue weighted by Gasteiger charge is 2.17. The molecule has 0 bridgehead atoms. The Labute approximate surface area is 166 Å². The molecule has 1 aromatic carbocycles. The van der Waals surface area contributed by atoms with Crippen LogP contribution in [-0.2, 0) is 6.54 Å². The summed E-state index contributed by atoms with van der Waals surface area (Å²) in [5.74, 6) is 0.819. The zero-order valence-corrected chi connectivity index (χ0v) is 15.9. The summed E-state index contributed by atoms with van der Waals surface area (Å²) in [4.78, 5) is 27.0. The van der Waals surface area contributed by atoms with Crippen molar-refractivity contribution in [1.82, 2.24) is 20.3 Å². The van der Waals surface area contributed by atoms with Crippen LogP contribution < -0.4 is 25.0 Å². The molecule has 9 nitrogen and oxygen atoms in total. The Kier molecular flexibility index (Phi) is 6.93. The molecule has 1 aromatic heterocycles. The maximum Gasteiger partial charge on any atom is 0.387 e. The number of hydrogen-bond donors (Lipinski definition) is 2. The molecule has 2 amide bonds. The molecule has 3 rings (SSSR count). The summed E-state index contributed by atoms with van der Waals surface area (Å²) < 4.78 is 34.0. The topological polar surface area (TPSA) is 102 Å². The zero-order chi connectivity index (χ0) is 20.6. The highest BCUT2D eigenvalue weighted by molar-refractivity contribution is 5.89. The SMILES string of the molecule is COc1nc(CNC(=O)Nc2cccc(OC(F)F)c2)nc(N2CCCCC2)n1. The van der Waals surface area contributed by atoms with Crippen LogP contribution in [0.4, 0.5) is 25.2 Å². The molecule has 1 saturated heterocycles. The molecule has 0 radical (unpaired) electrons. The smallest absolute Gasteiger partial charge is 0.387 e. The number of benzene rings is 1. The van der Waals surface area contributed by atoms with Gasteiger partial charge in [-0.3, -0.25) is 0 Å². The number of carbonyl (C=O) groups is 1. The third-order valence-electron chi connectivity index (χ3n) is 4.20. The number of urea groups is 1. The summed E-state index contributed by atoms with van der Waals surface area (Å²) >= 11 is 0. The summed E-state index contributed by atoms with van der Waals surface area (Å²) in [6.45, 7) is -1.18. The van der Waals surface area contributed by atoms with Gasteiger partial charge in [0.05, 0.1) is 13.7 Å². The van der Waals surface area contributed by atoms with Crippen molar-refractivity contribution < 1.29 is 23.0 Å². The molecule has 1 aliphatic heterocycles. The molecular formula is C18H22F2N6O3. The highest BCUT2D eigenvalue weighted by atomic mass is 19.3. The van der Waals surface area contributed by atoms with Crippen molar-refractivity contribution in [2.24, 2.45) is 0 Å². The first kappa shape index (κ1) is 20.5. The van der Waals surface area contributed by atoms with E-state index < -0.39 is 12.6 Å². The van der Waals surface area contributed by atoms with E-state index >= 15 is 0 Å². The number of piperidine rings is 1. The maximum atomic E-state index is 12.3. The lowest BCUT2D eigenvalue weighted by Crippen LogP contribution is -2.32. The number of aromatic nitrogens is 3. The lowest BCUT2D eigenvalue weighted by molar-refractivity contribution is -0.0498. The van der Waals surface area contributed by atoms with Crippen LogP contribution in [0.3, 0.4) is 0 Å². The Balaban J connectivity index is 1.61. The normalized spacial score (nSPS) is 13.9. The number of hydrogen-bond acceptors (Lipinski definition) is 7. The second kappa shape index (κ2) is 9.80. The lowest BCUT2D eigenvalue weighted by atomic mass is 10.1. The van der Waals surface area contributed by atoms with Crippen LogP contribution in [0.2, 0.25) is 0 Å². The molecule has 1 fully saturated rings. The van der Waals surface area contributed by atoms with Gasteiger partial charge in [0.2, 0.25) is 5.95 Å². The first-order chi connectivity index (χ1) is 14.0. The number of ether oxygens (including phenoxy) is 2. The van der Waals surface area contributed by atoms with Gasteiger partial charge in [-0.05, 0) is 31.4 Å². The third kappa shape index (κ3) is 6.13. The maximum absolute atomic E-state index is 12.3. The summed E-state index contributed by atoms with van der Waals surface area (Å²) in [6.07, 6.45) is 3.31. The molecule has 1 aliphatic rings. The van der Waals surface area contributed by atoms with E-state index in [4.69, 9.17) is 4.74 Å². The van der Waals surface area contributed by atoms with Crippen LogP contribution in [0.1, 0.15) is 25.1 Å². The second-order valence-electron chi connectivity index (χ2n) is 6.30. The molecule has 2 N–H and O–H groups in total. The van der Waals surface area contributed by atoms with Crippen molar-refractivity contribution >= 4 is 17.7 Å². The Morgan fingerprint density at radius 3 is 2.72 bits per heavy atom. The lowest BCUT2D eigenvalue weighted by Gasteiger charge is -2.26. The molecule has 0 unspecified atom stereocenters. The van der Waals surface area contributed by atoms with Gasteiger partial charge in [0, 0.05) is 24.8 Å². The van der Waals surface area contributed by atoms with Crippen LogP contribution in [0.15, 0.2) is 24.3 Å².